The van der Waals surface area contributed by atoms with Gasteiger partial charge in [-0.1, -0.05) is 32.3 Å². The fourth-order valence-electron chi connectivity index (χ4n) is 3.22. The van der Waals surface area contributed by atoms with E-state index in [1.54, 1.807) is 14.2 Å². The second-order valence-electron chi connectivity index (χ2n) is 6.59. The highest BCUT2D eigenvalue weighted by Gasteiger charge is 2.27. The van der Waals surface area contributed by atoms with Crippen LogP contribution in [0.2, 0.25) is 0 Å². The summed E-state index contributed by atoms with van der Waals surface area (Å²) in [5.41, 5.74) is 1.70. The van der Waals surface area contributed by atoms with E-state index in [0.717, 1.165) is 18.0 Å². The summed E-state index contributed by atoms with van der Waals surface area (Å²) in [5.74, 6) is 1.58. The predicted molar refractivity (Wildman–Crippen MR) is 87.2 cm³/mol. The lowest BCUT2D eigenvalue weighted by Crippen LogP contribution is -2.34. The van der Waals surface area contributed by atoms with Gasteiger partial charge in [0.1, 0.15) is 0 Å². The predicted octanol–water partition coefficient (Wildman–Crippen LogP) is 4.32. The molecule has 0 bridgehead atoms. The first kappa shape index (κ1) is 16.2. The van der Waals surface area contributed by atoms with Crippen LogP contribution in [0.1, 0.15) is 57.6 Å². The second-order valence-corrected chi connectivity index (χ2v) is 6.59. The van der Waals surface area contributed by atoms with Crippen molar-refractivity contribution in [2.45, 2.75) is 52.0 Å². The van der Waals surface area contributed by atoms with Crippen molar-refractivity contribution in [3.8, 4) is 11.5 Å². The highest BCUT2D eigenvalue weighted by atomic mass is 16.5. The van der Waals surface area contributed by atoms with Crippen LogP contribution < -0.4 is 14.8 Å². The Kier molecular flexibility index (Phi) is 5.51. The quantitative estimate of drug-likeness (QED) is 0.846. The fourth-order valence-corrected chi connectivity index (χ4v) is 3.22. The molecule has 0 heterocycles. The van der Waals surface area contributed by atoms with Crippen molar-refractivity contribution < 1.29 is 9.47 Å². The molecule has 0 aliphatic heterocycles. The molecule has 1 aromatic carbocycles. The van der Waals surface area contributed by atoms with Crippen molar-refractivity contribution in [1.29, 1.82) is 0 Å². The Balaban J connectivity index is 1.98. The second kappa shape index (κ2) is 7.17. The minimum absolute atomic E-state index is 0.323. The SMILES string of the molecule is COc1ccc(C(C)NCC2(C)CCCCC2)cc1OC. The van der Waals surface area contributed by atoms with Gasteiger partial charge in [0, 0.05) is 12.6 Å². The standard InChI is InChI=1S/C18H29NO2/c1-14(19-13-18(2)10-6-5-7-11-18)15-8-9-16(20-3)17(12-15)21-4/h8-9,12,14,19H,5-7,10-11,13H2,1-4H3. The van der Waals surface area contributed by atoms with E-state index in [1.165, 1.54) is 37.7 Å². The van der Waals surface area contributed by atoms with E-state index in [4.69, 9.17) is 9.47 Å². The van der Waals surface area contributed by atoms with Crippen LogP contribution in [-0.4, -0.2) is 20.8 Å². The van der Waals surface area contributed by atoms with Gasteiger partial charge in [-0.2, -0.15) is 0 Å². The summed E-state index contributed by atoms with van der Waals surface area (Å²) in [6, 6.07) is 6.49. The Labute approximate surface area is 129 Å². The molecule has 0 spiro atoms. The van der Waals surface area contributed by atoms with Gasteiger partial charge < -0.3 is 14.8 Å². The van der Waals surface area contributed by atoms with Crippen LogP contribution >= 0.6 is 0 Å². The van der Waals surface area contributed by atoms with Crippen molar-refractivity contribution in [2.75, 3.05) is 20.8 Å². The van der Waals surface area contributed by atoms with E-state index in [0.29, 0.717) is 11.5 Å². The molecule has 0 saturated heterocycles. The summed E-state index contributed by atoms with van der Waals surface area (Å²) in [4.78, 5) is 0. The lowest BCUT2D eigenvalue weighted by Gasteiger charge is -2.35. The van der Waals surface area contributed by atoms with Crippen molar-refractivity contribution in [2.24, 2.45) is 5.41 Å². The van der Waals surface area contributed by atoms with Crippen molar-refractivity contribution >= 4 is 0 Å². The molecular formula is C18H29NO2. The van der Waals surface area contributed by atoms with Crippen LogP contribution in [-0.2, 0) is 0 Å². The summed E-state index contributed by atoms with van der Waals surface area (Å²) >= 11 is 0. The summed E-state index contributed by atoms with van der Waals surface area (Å²) in [7, 11) is 3.35. The Morgan fingerprint density at radius 1 is 1.10 bits per heavy atom. The van der Waals surface area contributed by atoms with E-state index >= 15 is 0 Å². The molecule has 0 radical (unpaired) electrons. The average Bonchev–Trinajstić information content (AvgIpc) is 2.52. The van der Waals surface area contributed by atoms with Crippen molar-refractivity contribution in [3.63, 3.8) is 0 Å². The first-order valence-electron chi connectivity index (χ1n) is 8.03. The van der Waals surface area contributed by atoms with Crippen LogP contribution in [0.3, 0.4) is 0 Å². The summed E-state index contributed by atoms with van der Waals surface area (Å²) in [5, 5.41) is 3.70. The van der Waals surface area contributed by atoms with E-state index in [1.807, 2.05) is 6.07 Å². The molecule has 3 heteroatoms. The van der Waals surface area contributed by atoms with E-state index in [9.17, 15) is 0 Å². The van der Waals surface area contributed by atoms with Gasteiger partial charge in [0.05, 0.1) is 14.2 Å². The number of rotatable bonds is 6. The maximum Gasteiger partial charge on any atom is 0.161 e. The van der Waals surface area contributed by atoms with Gasteiger partial charge in [0.25, 0.3) is 0 Å². The third kappa shape index (κ3) is 4.13. The zero-order valence-electron chi connectivity index (χ0n) is 13.9. The zero-order valence-corrected chi connectivity index (χ0v) is 13.9. The molecule has 1 atom stereocenters. The van der Waals surface area contributed by atoms with E-state index in [-0.39, 0.29) is 0 Å². The molecule has 1 aliphatic rings. The lowest BCUT2D eigenvalue weighted by atomic mass is 9.75. The van der Waals surface area contributed by atoms with Crippen LogP contribution in [0, 0.1) is 5.41 Å². The molecule has 0 aromatic heterocycles. The summed E-state index contributed by atoms with van der Waals surface area (Å²) < 4.78 is 10.7. The van der Waals surface area contributed by atoms with Gasteiger partial charge in [0.2, 0.25) is 0 Å². The fraction of sp³-hybridized carbons (Fsp3) is 0.667. The molecular weight excluding hydrogens is 262 g/mol. The molecule has 21 heavy (non-hydrogen) atoms. The smallest absolute Gasteiger partial charge is 0.161 e. The summed E-state index contributed by atoms with van der Waals surface area (Å²) in [6.07, 6.45) is 6.85. The van der Waals surface area contributed by atoms with Gasteiger partial charge in [-0.3, -0.25) is 0 Å². The third-order valence-corrected chi connectivity index (χ3v) is 4.80. The van der Waals surface area contributed by atoms with E-state index in [2.05, 4.69) is 31.3 Å². The first-order chi connectivity index (χ1) is 10.1. The number of hydrogen-bond donors (Lipinski definition) is 1. The van der Waals surface area contributed by atoms with Gasteiger partial charge >= 0.3 is 0 Å². The minimum Gasteiger partial charge on any atom is -0.493 e. The Hall–Kier alpha value is -1.22. The Morgan fingerprint density at radius 2 is 1.76 bits per heavy atom. The Bertz CT molecular complexity index is 453. The monoisotopic (exact) mass is 291 g/mol. The molecule has 1 fully saturated rings. The van der Waals surface area contributed by atoms with Crippen LogP contribution in [0.25, 0.3) is 0 Å². The first-order valence-corrected chi connectivity index (χ1v) is 8.03. The van der Waals surface area contributed by atoms with Crippen LogP contribution in [0.5, 0.6) is 11.5 Å². The molecule has 118 valence electrons. The highest BCUT2D eigenvalue weighted by Crippen LogP contribution is 2.36. The molecule has 2 rings (SSSR count). The molecule has 1 aliphatic carbocycles. The van der Waals surface area contributed by atoms with Crippen molar-refractivity contribution in [1.82, 2.24) is 5.32 Å². The third-order valence-electron chi connectivity index (χ3n) is 4.80. The number of nitrogens with one attached hydrogen (secondary N) is 1. The zero-order chi connectivity index (χ0) is 15.3. The van der Waals surface area contributed by atoms with E-state index < -0.39 is 0 Å². The number of ether oxygens (including phenoxy) is 2. The molecule has 0 amide bonds. The average molecular weight is 291 g/mol. The Morgan fingerprint density at radius 3 is 2.38 bits per heavy atom. The topological polar surface area (TPSA) is 30.5 Å². The molecule has 1 N–H and O–H groups in total. The summed E-state index contributed by atoms with van der Waals surface area (Å²) in [6.45, 7) is 5.72. The minimum atomic E-state index is 0.323. The van der Waals surface area contributed by atoms with Crippen molar-refractivity contribution in [3.05, 3.63) is 23.8 Å². The molecule has 1 aromatic rings. The van der Waals surface area contributed by atoms with Crippen LogP contribution in [0.4, 0.5) is 0 Å². The normalized spacial score (nSPS) is 19.0. The maximum absolute atomic E-state index is 5.39. The number of benzene rings is 1. The highest BCUT2D eigenvalue weighted by molar-refractivity contribution is 5.43. The molecule has 3 nitrogen and oxygen atoms in total. The van der Waals surface area contributed by atoms with Crippen LogP contribution in [0.15, 0.2) is 18.2 Å². The van der Waals surface area contributed by atoms with Gasteiger partial charge in [-0.05, 0) is 42.9 Å². The largest absolute Gasteiger partial charge is 0.493 e. The van der Waals surface area contributed by atoms with Gasteiger partial charge in [-0.15, -0.1) is 0 Å². The molecule has 1 saturated carbocycles. The number of hydrogen-bond acceptors (Lipinski definition) is 3. The van der Waals surface area contributed by atoms with Gasteiger partial charge in [-0.25, -0.2) is 0 Å². The lowest BCUT2D eigenvalue weighted by molar-refractivity contribution is 0.202. The maximum atomic E-state index is 5.39. The molecule has 1 unspecified atom stereocenters. The van der Waals surface area contributed by atoms with Gasteiger partial charge in [0.15, 0.2) is 11.5 Å². The number of methoxy groups -OCH3 is 2.